The fourth-order valence-electron chi connectivity index (χ4n) is 1.28. The van der Waals surface area contributed by atoms with Gasteiger partial charge in [-0.2, -0.15) is 0 Å². The van der Waals surface area contributed by atoms with Crippen molar-refractivity contribution in [3.05, 3.63) is 23.0 Å². The molecule has 0 radical (unpaired) electrons. The van der Waals surface area contributed by atoms with E-state index in [9.17, 15) is 9.59 Å². The number of hydrogen-bond donors (Lipinski definition) is 0. The molecule has 0 N–H and O–H groups in total. The predicted molar refractivity (Wildman–Crippen MR) is 45.6 cm³/mol. The molecular weight excluding hydrogens is 154 g/mol. The highest BCUT2D eigenvalue weighted by molar-refractivity contribution is 5.84. The van der Waals surface area contributed by atoms with E-state index in [1.54, 1.807) is 13.1 Å². The second-order valence-electron chi connectivity index (χ2n) is 2.82. The Morgan fingerprint density at radius 3 is 2.33 bits per heavy atom. The fourth-order valence-corrected chi connectivity index (χ4v) is 1.28. The highest BCUT2D eigenvalue weighted by atomic mass is 16.1. The summed E-state index contributed by atoms with van der Waals surface area (Å²) >= 11 is 0. The van der Waals surface area contributed by atoms with Gasteiger partial charge < -0.3 is 0 Å². The van der Waals surface area contributed by atoms with Crippen LogP contribution in [0.4, 0.5) is 0 Å². The number of rotatable bonds is 1. The normalized spacial score (nSPS) is 9.92. The highest BCUT2D eigenvalue weighted by Gasteiger charge is 2.10. The Morgan fingerprint density at radius 2 is 2.08 bits per heavy atom. The van der Waals surface area contributed by atoms with Gasteiger partial charge in [0, 0.05) is 24.4 Å². The Kier molecular flexibility index (Phi) is 2.13. The zero-order chi connectivity index (χ0) is 9.30. The first-order valence-electron chi connectivity index (χ1n) is 3.72. The van der Waals surface area contributed by atoms with Crippen LogP contribution in [0, 0.1) is 13.8 Å². The molecule has 12 heavy (non-hydrogen) atoms. The van der Waals surface area contributed by atoms with Crippen molar-refractivity contribution < 1.29 is 9.59 Å². The number of hydrogen-bond acceptors (Lipinski definition) is 2. The number of aldehydes is 1. The quantitative estimate of drug-likeness (QED) is 0.592. The molecule has 0 aromatic carbocycles. The van der Waals surface area contributed by atoms with Crippen LogP contribution in [0.1, 0.15) is 33.3 Å². The summed E-state index contributed by atoms with van der Waals surface area (Å²) in [6.45, 7) is 5.05. The lowest BCUT2D eigenvalue weighted by Crippen LogP contribution is -2.06. The number of nitrogens with zero attached hydrogens (tertiary/aromatic N) is 1. The molecule has 3 heteroatoms. The summed E-state index contributed by atoms with van der Waals surface area (Å²) in [7, 11) is 0. The van der Waals surface area contributed by atoms with Crippen molar-refractivity contribution in [3.8, 4) is 0 Å². The van der Waals surface area contributed by atoms with Gasteiger partial charge in [0.2, 0.25) is 5.91 Å². The van der Waals surface area contributed by atoms with E-state index in [2.05, 4.69) is 0 Å². The topological polar surface area (TPSA) is 39.1 Å². The second-order valence-corrected chi connectivity index (χ2v) is 2.82. The molecule has 1 rings (SSSR count). The summed E-state index contributed by atoms with van der Waals surface area (Å²) in [4.78, 5) is 21.6. The Morgan fingerprint density at radius 1 is 1.50 bits per heavy atom. The van der Waals surface area contributed by atoms with Gasteiger partial charge in [0.15, 0.2) is 6.29 Å². The van der Waals surface area contributed by atoms with Crippen molar-refractivity contribution in [1.82, 2.24) is 4.57 Å². The van der Waals surface area contributed by atoms with Crippen LogP contribution >= 0.6 is 0 Å². The number of aromatic nitrogens is 1. The van der Waals surface area contributed by atoms with Crippen LogP contribution < -0.4 is 0 Å². The molecule has 0 spiro atoms. The van der Waals surface area contributed by atoms with Crippen LogP contribution in [-0.2, 0) is 0 Å². The van der Waals surface area contributed by atoms with Crippen molar-refractivity contribution in [3.63, 3.8) is 0 Å². The molecule has 1 aromatic heterocycles. The average Bonchev–Trinajstić information content (AvgIpc) is 2.27. The van der Waals surface area contributed by atoms with Gasteiger partial charge in [-0.25, -0.2) is 0 Å². The third-order valence-electron chi connectivity index (χ3n) is 1.96. The van der Waals surface area contributed by atoms with Crippen molar-refractivity contribution in [2.45, 2.75) is 20.8 Å². The molecule has 3 nitrogen and oxygen atoms in total. The van der Waals surface area contributed by atoms with Gasteiger partial charge >= 0.3 is 0 Å². The maximum Gasteiger partial charge on any atom is 0.227 e. The molecule has 64 valence electrons. The third-order valence-corrected chi connectivity index (χ3v) is 1.96. The first-order valence-corrected chi connectivity index (χ1v) is 3.72. The van der Waals surface area contributed by atoms with Crippen LogP contribution in [-0.4, -0.2) is 16.8 Å². The zero-order valence-electron chi connectivity index (χ0n) is 7.42. The predicted octanol–water partition coefficient (Wildman–Crippen LogP) is 1.58. The third kappa shape index (κ3) is 1.18. The van der Waals surface area contributed by atoms with Gasteiger partial charge in [-0.3, -0.25) is 14.2 Å². The highest BCUT2D eigenvalue weighted by Crippen LogP contribution is 2.13. The number of carbonyl (C=O) groups is 2. The minimum atomic E-state index is -0.0660. The second kappa shape index (κ2) is 2.93. The van der Waals surface area contributed by atoms with E-state index < -0.39 is 0 Å². The molecule has 0 bridgehead atoms. The minimum Gasteiger partial charge on any atom is -0.298 e. The molecule has 0 atom stereocenters. The van der Waals surface area contributed by atoms with Crippen molar-refractivity contribution in [2.24, 2.45) is 0 Å². The van der Waals surface area contributed by atoms with Crippen molar-refractivity contribution in [1.29, 1.82) is 0 Å². The van der Waals surface area contributed by atoms with Crippen LogP contribution in [0.5, 0.6) is 0 Å². The van der Waals surface area contributed by atoms with Gasteiger partial charge in [0.25, 0.3) is 0 Å². The van der Waals surface area contributed by atoms with E-state index in [4.69, 9.17) is 0 Å². The molecular formula is C9H11NO2. The van der Waals surface area contributed by atoms with Crippen LogP contribution in [0.15, 0.2) is 6.20 Å². The van der Waals surface area contributed by atoms with Gasteiger partial charge in [0.05, 0.1) is 0 Å². The summed E-state index contributed by atoms with van der Waals surface area (Å²) in [5.74, 6) is -0.0660. The first kappa shape index (κ1) is 8.71. The van der Waals surface area contributed by atoms with Gasteiger partial charge in [0.1, 0.15) is 0 Å². The molecule has 0 saturated carbocycles. The molecule has 0 saturated heterocycles. The molecule has 0 fully saturated rings. The summed E-state index contributed by atoms with van der Waals surface area (Å²) in [6.07, 6.45) is 2.46. The molecule has 1 aromatic rings. The maximum atomic E-state index is 11.0. The first-order chi connectivity index (χ1) is 5.57. The van der Waals surface area contributed by atoms with E-state index in [0.717, 1.165) is 17.5 Å². The van der Waals surface area contributed by atoms with Crippen LogP contribution in [0.3, 0.4) is 0 Å². The summed E-state index contributed by atoms with van der Waals surface area (Å²) < 4.78 is 1.49. The molecule has 0 aliphatic rings. The summed E-state index contributed by atoms with van der Waals surface area (Å²) in [5, 5.41) is 0. The Labute approximate surface area is 71.0 Å². The van der Waals surface area contributed by atoms with Crippen LogP contribution in [0.25, 0.3) is 0 Å². The average molecular weight is 165 g/mol. The Bertz CT molecular complexity index is 337. The Hall–Kier alpha value is -1.38. The molecule has 0 aliphatic carbocycles. The maximum absolute atomic E-state index is 11.0. The standard InChI is InChI=1S/C9H11NO2/c1-6-4-10(8(3)12)7(2)9(6)5-11/h4-5H,1-3H3. The SMILES string of the molecule is CC(=O)n1cc(C)c(C=O)c1C. The van der Waals surface area contributed by atoms with E-state index in [-0.39, 0.29) is 5.91 Å². The molecule has 0 unspecified atom stereocenters. The summed E-state index contributed by atoms with van der Waals surface area (Å²) in [6, 6.07) is 0. The lowest BCUT2D eigenvalue weighted by Gasteiger charge is -1.98. The summed E-state index contributed by atoms with van der Waals surface area (Å²) in [5.41, 5.74) is 2.18. The monoisotopic (exact) mass is 165 g/mol. The lowest BCUT2D eigenvalue weighted by molar-refractivity contribution is 0.0934. The Balaban J connectivity index is 3.35. The number of aryl methyl sites for hydroxylation is 1. The van der Waals surface area contributed by atoms with Crippen molar-refractivity contribution in [2.75, 3.05) is 0 Å². The zero-order valence-corrected chi connectivity index (χ0v) is 7.42. The van der Waals surface area contributed by atoms with E-state index in [0.29, 0.717) is 5.56 Å². The molecule has 0 aliphatic heterocycles. The van der Waals surface area contributed by atoms with Gasteiger partial charge in [-0.05, 0) is 19.4 Å². The molecule has 1 heterocycles. The fraction of sp³-hybridized carbons (Fsp3) is 0.333. The smallest absolute Gasteiger partial charge is 0.227 e. The van der Waals surface area contributed by atoms with E-state index in [1.807, 2.05) is 6.92 Å². The van der Waals surface area contributed by atoms with E-state index in [1.165, 1.54) is 11.5 Å². The largest absolute Gasteiger partial charge is 0.298 e. The molecule has 0 amide bonds. The van der Waals surface area contributed by atoms with Crippen LogP contribution in [0.2, 0.25) is 0 Å². The minimum absolute atomic E-state index is 0.0660. The van der Waals surface area contributed by atoms with Gasteiger partial charge in [-0.15, -0.1) is 0 Å². The van der Waals surface area contributed by atoms with Gasteiger partial charge in [-0.1, -0.05) is 0 Å². The lowest BCUT2D eigenvalue weighted by atomic mass is 10.2. The van der Waals surface area contributed by atoms with E-state index >= 15 is 0 Å². The number of carbonyl (C=O) groups excluding carboxylic acids is 2. The van der Waals surface area contributed by atoms with Crippen molar-refractivity contribution >= 4 is 12.2 Å².